The minimum atomic E-state index is 0.926. The van der Waals surface area contributed by atoms with Gasteiger partial charge in [0, 0.05) is 17.6 Å². The molecule has 4 heteroatoms. The fraction of sp³-hybridized carbons (Fsp3) is 0.529. The number of hydrogen-bond acceptors (Lipinski definition) is 4. The summed E-state index contributed by atoms with van der Waals surface area (Å²) < 4.78 is 0. The van der Waals surface area contributed by atoms with Crippen molar-refractivity contribution in [2.24, 2.45) is 0 Å². The van der Waals surface area contributed by atoms with E-state index in [-0.39, 0.29) is 0 Å². The van der Waals surface area contributed by atoms with Crippen LogP contribution in [-0.4, -0.2) is 16.5 Å². The number of thiazole rings is 1. The van der Waals surface area contributed by atoms with Crippen LogP contribution in [0, 0.1) is 0 Å². The maximum absolute atomic E-state index is 4.87. The van der Waals surface area contributed by atoms with Gasteiger partial charge in [0.25, 0.3) is 0 Å². The Balaban J connectivity index is 2.29. The van der Waals surface area contributed by atoms with Gasteiger partial charge in [0.05, 0.1) is 5.69 Å². The molecule has 0 saturated carbocycles. The molecule has 0 radical (unpaired) electrons. The summed E-state index contributed by atoms with van der Waals surface area (Å²) in [5, 5.41) is 4.57. The van der Waals surface area contributed by atoms with Crippen molar-refractivity contribution in [2.45, 2.75) is 53.0 Å². The number of rotatable bonds is 8. The molecule has 0 saturated heterocycles. The highest BCUT2D eigenvalue weighted by Crippen LogP contribution is 2.30. The quantitative estimate of drug-likeness (QED) is 0.742. The smallest absolute Gasteiger partial charge is 0.142 e. The highest BCUT2D eigenvalue weighted by molar-refractivity contribution is 7.15. The van der Waals surface area contributed by atoms with Crippen molar-refractivity contribution in [1.29, 1.82) is 0 Å². The van der Waals surface area contributed by atoms with Crippen LogP contribution in [0.5, 0.6) is 0 Å². The normalized spacial score (nSPS) is 11.0. The van der Waals surface area contributed by atoms with Gasteiger partial charge in [0.2, 0.25) is 0 Å². The molecule has 0 aromatic carbocycles. The van der Waals surface area contributed by atoms with Gasteiger partial charge < -0.3 is 5.32 Å². The fourth-order valence-electron chi connectivity index (χ4n) is 2.35. The van der Waals surface area contributed by atoms with Crippen molar-refractivity contribution >= 4 is 11.3 Å². The van der Waals surface area contributed by atoms with Gasteiger partial charge >= 0.3 is 0 Å². The Labute approximate surface area is 131 Å². The summed E-state index contributed by atoms with van der Waals surface area (Å²) in [4.78, 5) is 10.8. The van der Waals surface area contributed by atoms with Crippen LogP contribution in [0.3, 0.4) is 0 Å². The first-order valence-electron chi connectivity index (χ1n) is 7.93. The van der Waals surface area contributed by atoms with E-state index in [9.17, 15) is 0 Å². The largest absolute Gasteiger partial charge is 0.312 e. The van der Waals surface area contributed by atoms with Crippen molar-refractivity contribution < 1.29 is 0 Å². The van der Waals surface area contributed by atoms with Gasteiger partial charge in [-0.1, -0.05) is 33.3 Å². The second kappa shape index (κ2) is 8.25. The van der Waals surface area contributed by atoms with Crippen molar-refractivity contribution in [3.05, 3.63) is 34.5 Å². The summed E-state index contributed by atoms with van der Waals surface area (Å²) in [7, 11) is 0. The minimum Gasteiger partial charge on any atom is -0.312 e. The predicted molar refractivity (Wildman–Crippen MR) is 90.7 cm³/mol. The molecule has 2 heterocycles. The summed E-state index contributed by atoms with van der Waals surface area (Å²) >= 11 is 1.80. The van der Waals surface area contributed by atoms with Crippen LogP contribution >= 0.6 is 11.3 Å². The molecule has 114 valence electrons. The molecule has 21 heavy (non-hydrogen) atoms. The van der Waals surface area contributed by atoms with E-state index < -0.39 is 0 Å². The lowest BCUT2D eigenvalue weighted by Gasteiger charge is -2.02. The van der Waals surface area contributed by atoms with E-state index in [2.05, 4.69) is 37.1 Å². The topological polar surface area (TPSA) is 37.8 Å². The van der Waals surface area contributed by atoms with Gasteiger partial charge in [-0.2, -0.15) is 0 Å². The third kappa shape index (κ3) is 4.11. The average molecular weight is 303 g/mol. The molecule has 0 spiro atoms. The van der Waals surface area contributed by atoms with Crippen LogP contribution in [0.25, 0.3) is 10.7 Å². The van der Waals surface area contributed by atoms with E-state index in [0.717, 1.165) is 49.5 Å². The first-order valence-corrected chi connectivity index (χ1v) is 8.75. The Hall–Kier alpha value is -1.26. The molecular formula is C17H25N3S. The lowest BCUT2D eigenvalue weighted by Crippen LogP contribution is -2.13. The highest BCUT2D eigenvalue weighted by Gasteiger charge is 2.14. The Morgan fingerprint density at radius 2 is 2.05 bits per heavy atom. The number of aryl methyl sites for hydroxylation is 2. The van der Waals surface area contributed by atoms with Gasteiger partial charge in [-0.25, -0.2) is 4.98 Å². The summed E-state index contributed by atoms with van der Waals surface area (Å²) in [6, 6.07) is 4.16. The van der Waals surface area contributed by atoms with E-state index in [0.29, 0.717) is 0 Å². The molecule has 0 aliphatic heterocycles. The monoisotopic (exact) mass is 303 g/mol. The third-order valence-electron chi connectivity index (χ3n) is 3.45. The molecule has 0 atom stereocenters. The van der Waals surface area contributed by atoms with E-state index in [1.165, 1.54) is 16.1 Å². The molecule has 1 N–H and O–H groups in total. The van der Waals surface area contributed by atoms with E-state index in [4.69, 9.17) is 4.98 Å². The zero-order valence-electron chi connectivity index (χ0n) is 13.3. The first-order chi connectivity index (χ1) is 10.3. The highest BCUT2D eigenvalue weighted by atomic mass is 32.1. The standard InChI is InChI=1S/C17H25N3S/c1-4-8-14-15(12-18-10-5-2)21-17(20-14)16-13(6-3)9-7-11-19-16/h7,9,11,18H,4-6,8,10,12H2,1-3H3. The number of pyridine rings is 1. The third-order valence-corrected chi connectivity index (χ3v) is 4.56. The number of nitrogens with zero attached hydrogens (tertiary/aromatic N) is 2. The van der Waals surface area contributed by atoms with Crippen molar-refractivity contribution in [3.8, 4) is 10.7 Å². The SMILES string of the molecule is CCCNCc1sc(-c2ncccc2CC)nc1CCC. The summed E-state index contributed by atoms with van der Waals surface area (Å²) in [6.07, 6.45) is 6.20. The van der Waals surface area contributed by atoms with Crippen LogP contribution in [0.2, 0.25) is 0 Å². The van der Waals surface area contributed by atoms with Crippen LogP contribution in [0.15, 0.2) is 18.3 Å². The van der Waals surface area contributed by atoms with Gasteiger partial charge in [-0.3, -0.25) is 4.98 Å². The fourth-order valence-corrected chi connectivity index (χ4v) is 3.46. The zero-order chi connectivity index (χ0) is 15.1. The maximum Gasteiger partial charge on any atom is 0.142 e. The van der Waals surface area contributed by atoms with Gasteiger partial charge in [-0.15, -0.1) is 11.3 Å². The number of aromatic nitrogens is 2. The second-order valence-electron chi connectivity index (χ2n) is 5.18. The van der Waals surface area contributed by atoms with E-state index in [1.807, 2.05) is 12.3 Å². The van der Waals surface area contributed by atoms with Crippen molar-refractivity contribution in [1.82, 2.24) is 15.3 Å². The Kier molecular flexibility index (Phi) is 6.33. The van der Waals surface area contributed by atoms with Crippen LogP contribution in [0.1, 0.15) is 49.7 Å². The zero-order valence-corrected chi connectivity index (χ0v) is 14.1. The summed E-state index contributed by atoms with van der Waals surface area (Å²) in [5.41, 5.74) is 3.58. The lowest BCUT2D eigenvalue weighted by molar-refractivity contribution is 0.674. The molecule has 0 bridgehead atoms. The Morgan fingerprint density at radius 3 is 2.76 bits per heavy atom. The van der Waals surface area contributed by atoms with Crippen LogP contribution in [-0.2, 0) is 19.4 Å². The Morgan fingerprint density at radius 1 is 1.19 bits per heavy atom. The van der Waals surface area contributed by atoms with Crippen molar-refractivity contribution in [2.75, 3.05) is 6.54 Å². The van der Waals surface area contributed by atoms with Crippen molar-refractivity contribution in [3.63, 3.8) is 0 Å². The molecule has 0 aliphatic carbocycles. The molecule has 0 unspecified atom stereocenters. The lowest BCUT2D eigenvalue weighted by atomic mass is 10.1. The van der Waals surface area contributed by atoms with E-state index in [1.54, 1.807) is 11.3 Å². The molecule has 0 fully saturated rings. The molecular weight excluding hydrogens is 278 g/mol. The number of hydrogen-bond donors (Lipinski definition) is 1. The first kappa shape index (κ1) is 16.1. The summed E-state index contributed by atoms with van der Waals surface area (Å²) in [5.74, 6) is 0. The molecule has 2 rings (SSSR count). The minimum absolute atomic E-state index is 0.926. The Bertz CT molecular complexity index is 563. The predicted octanol–water partition coefficient (Wildman–Crippen LogP) is 4.22. The van der Waals surface area contributed by atoms with Gasteiger partial charge in [0.15, 0.2) is 0 Å². The van der Waals surface area contributed by atoms with Crippen LogP contribution in [0.4, 0.5) is 0 Å². The maximum atomic E-state index is 4.87. The van der Waals surface area contributed by atoms with Gasteiger partial charge in [-0.05, 0) is 37.4 Å². The molecule has 2 aromatic heterocycles. The van der Waals surface area contributed by atoms with Gasteiger partial charge in [0.1, 0.15) is 10.7 Å². The molecule has 3 nitrogen and oxygen atoms in total. The second-order valence-corrected chi connectivity index (χ2v) is 6.26. The molecule has 0 amide bonds. The van der Waals surface area contributed by atoms with E-state index >= 15 is 0 Å². The van der Waals surface area contributed by atoms with Crippen LogP contribution < -0.4 is 5.32 Å². The number of nitrogens with one attached hydrogen (secondary N) is 1. The molecule has 2 aromatic rings. The summed E-state index contributed by atoms with van der Waals surface area (Å²) in [6.45, 7) is 8.56. The average Bonchev–Trinajstić information content (AvgIpc) is 2.91. The molecule has 0 aliphatic rings.